The van der Waals surface area contributed by atoms with E-state index in [0.717, 1.165) is 4.47 Å². The number of aromatic nitrogens is 1. The van der Waals surface area contributed by atoms with E-state index in [1.165, 1.54) is 0 Å². The number of nitrogens with one attached hydrogen (secondary N) is 1. The van der Waals surface area contributed by atoms with E-state index in [-0.39, 0.29) is 19.0 Å². The summed E-state index contributed by atoms with van der Waals surface area (Å²) in [5.74, 6) is -0.217. The number of hydrogen-bond donors (Lipinski definition) is 1. The van der Waals surface area contributed by atoms with E-state index in [0.29, 0.717) is 5.69 Å². The lowest BCUT2D eigenvalue weighted by Crippen LogP contribution is -2.27. The Hall–Kier alpha value is -0.840. The van der Waals surface area contributed by atoms with E-state index >= 15 is 0 Å². The minimum Gasteiger partial charge on any atom is -0.348 e. The van der Waals surface area contributed by atoms with Gasteiger partial charge in [0.2, 0.25) is 0 Å². The first-order chi connectivity index (χ1) is 6.16. The molecule has 0 bridgehead atoms. The molecule has 0 aliphatic carbocycles. The van der Waals surface area contributed by atoms with Gasteiger partial charge in [-0.05, 0) is 22.0 Å². The zero-order chi connectivity index (χ0) is 9.42. The molecule has 1 N–H and O–H groups in total. The molecule has 1 aliphatic heterocycles. The van der Waals surface area contributed by atoms with Gasteiger partial charge in [-0.15, -0.1) is 0 Å². The summed E-state index contributed by atoms with van der Waals surface area (Å²) in [6.45, 7) is 0.331. The lowest BCUT2D eigenvalue weighted by molar-refractivity contribution is 0.0945. The van der Waals surface area contributed by atoms with E-state index in [9.17, 15) is 9.18 Å². The third-order valence-electron chi connectivity index (χ3n) is 1.97. The molecule has 0 fully saturated rings. The fraction of sp³-hybridized carbons (Fsp3) is 0.375. The number of fused-ring (bicyclic) bond motifs is 1. The highest BCUT2D eigenvalue weighted by molar-refractivity contribution is 9.10. The van der Waals surface area contributed by atoms with E-state index in [4.69, 9.17) is 0 Å². The first-order valence-electron chi connectivity index (χ1n) is 3.95. The normalized spacial score (nSPS) is 22.0. The Labute approximate surface area is 83.0 Å². The molecule has 0 saturated carbocycles. The largest absolute Gasteiger partial charge is 0.348 e. The van der Waals surface area contributed by atoms with Crippen LogP contribution >= 0.6 is 15.9 Å². The van der Waals surface area contributed by atoms with Gasteiger partial charge in [-0.3, -0.25) is 4.79 Å². The van der Waals surface area contributed by atoms with Crippen molar-refractivity contribution in [3.8, 4) is 0 Å². The topological polar surface area (TPSA) is 34.0 Å². The van der Waals surface area contributed by atoms with E-state index in [1.807, 2.05) is 0 Å². The van der Waals surface area contributed by atoms with Gasteiger partial charge in [0.05, 0.1) is 13.1 Å². The summed E-state index contributed by atoms with van der Waals surface area (Å²) < 4.78 is 15.5. The molecule has 2 heterocycles. The van der Waals surface area contributed by atoms with Crippen LogP contribution < -0.4 is 5.32 Å². The molecular weight excluding hydrogens is 239 g/mol. The summed E-state index contributed by atoms with van der Waals surface area (Å²) in [6.07, 6.45) is 0.705. The van der Waals surface area contributed by atoms with Crippen LogP contribution in [-0.2, 0) is 6.54 Å². The number of alkyl halides is 1. The van der Waals surface area contributed by atoms with Crippen molar-refractivity contribution >= 4 is 21.8 Å². The van der Waals surface area contributed by atoms with E-state index < -0.39 is 6.17 Å². The molecule has 3 nitrogen and oxygen atoms in total. The van der Waals surface area contributed by atoms with Crippen LogP contribution in [0.15, 0.2) is 16.7 Å². The van der Waals surface area contributed by atoms with E-state index in [2.05, 4.69) is 21.2 Å². The number of carbonyl (C=O) groups is 1. The number of amides is 1. The first kappa shape index (κ1) is 8.74. The molecule has 0 saturated heterocycles. The van der Waals surface area contributed by atoms with Crippen molar-refractivity contribution in [1.29, 1.82) is 0 Å². The molecule has 0 radical (unpaired) electrons. The second-order valence-electron chi connectivity index (χ2n) is 3.00. The average Bonchev–Trinajstić information content (AvgIpc) is 2.37. The Morgan fingerprint density at radius 1 is 1.69 bits per heavy atom. The predicted octanol–water partition coefficient (Wildman–Crippen LogP) is 1.33. The predicted molar refractivity (Wildman–Crippen MR) is 49.4 cm³/mol. The quantitative estimate of drug-likeness (QED) is 0.737. The standard InChI is InChI=1S/C8H8BrFN2O/c9-5-1-7-8(13)11-2-6(10)4-12(7)3-5/h1,3,6H,2,4H2,(H,11,13)/t6-/m0/s1. The molecule has 0 unspecified atom stereocenters. The van der Waals surface area contributed by atoms with Crippen molar-refractivity contribution in [2.75, 3.05) is 6.54 Å². The Bertz CT molecular complexity index is 350. The Balaban J connectivity index is 2.42. The zero-order valence-corrected chi connectivity index (χ0v) is 8.34. The molecule has 2 rings (SSSR count). The van der Waals surface area contributed by atoms with E-state index in [1.54, 1.807) is 16.8 Å². The van der Waals surface area contributed by atoms with Gasteiger partial charge in [0.1, 0.15) is 11.9 Å². The van der Waals surface area contributed by atoms with Crippen LogP contribution in [0.4, 0.5) is 4.39 Å². The second-order valence-corrected chi connectivity index (χ2v) is 3.92. The smallest absolute Gasteiger partial charge is 0.268 e. The van der Waals surface area contributed by atoms with Crippen LogP contribution in [-0.4, -0.2) is 23.2 Å². The molecule has 1 aromatic heterocycles. The number of halogens is 2. The molecule has 0 spiro atoms. The van der Waals surface area contributed by atoms with Gasteiger partial charge < -0.3 is 9.88 Å². The number of carbonyl (C=O) groups excluding carboxylic acids is 1. The Kier molecular flexibility index (Phi) is 2.11. The minimum atomic E-state index is -1.01. The molecule has 70 valence electrons. The summed E-state index contributed by atoms with van der Waals surface area (Å²) in [7, 11) is 0. The molecule has 1 atom stereocenters. The van der Waals surface area contributed by atoms with Crippen molar-refractivity contribution < 1.29 is 9.18 Å². The van der Waals surface area contributed by atoms with Gasteiger partial charge in [0.15, 0.2) is 0 Å². The summed E-state index contributed by atoms with van der Waals surface area (Å²) in [5.41, 5.74) is 0.507. The Morgan fingerprint density at radius 3 is 3.23 bits per heavy atom. The van der Waals surface area contributed by atoms with Crippen LogP contribution in [0.25, 0.3) is 0 Å². The zero-order valence-electron chi connectivity index (χ0n) is 6.76. The third kappa shape index (κ3) is 1.60. The molecular formula is C8H8BrFN2O. The molecule has 1 amide bonds. The SMILES string of the molecule is O=C1NC[C@H](F)Cn2cc(Br)cc21. The maximum atomic E-state index is 13.1. The maximum absolute atomic E-state index is 13.1. The number of rotatable bonds is 0. The monoisotopic (exact) mass is 246 g/mol. The lowest BCUT2D eigenvalue weighted by atomic mass is 10.4. The van der Waals surface area contributed by atoms with Gasteiger partial charge in [-0.1, -0.05) is 0 Å². The van der Waals surface area contributed by atoms with Gasteiger partial charge in [0.25, 0.3) is 5.91 Å². The van der Waals surface area contributed by atoms with Crippen molar-refractivity contribution in [3.05, 3.63) is 22.4 Å². The molecule has 1 aromatic rings. The summed E-state index contributed by atoms with van der Waals surface area (Å²) in [6, 6.07) is 1.69. The fourth-order valence-corrected chi connectivity index (χ4v) is 1.85. The maximum Gasteiger partial charge on any atom is 0.268 e. The van der Waals surface area contributed by atoms with Crippen LogP contribution in [0.3, 0.4) is 0 Å². The highest BCUT2D eigenvalue weighted by Crippen LogP contribution is 2.17. The van der Waals surface area contributed by atoms with Gasteiger partial charge in [-0.2, -0.15) is 0 Å². The third-order valence-corrected chi connectivity index (χ3v) is 2.41. The van der Waals surface area contributed by atoms with Gasteiger partial charge >= 0.3 is 0 Å². The summed E-state index contributed by atoms with van der Waals surface area (Å²) in [5, 5.41) is 2.51. The highest BCUT2D eigenvalue weighted by Gasteiger charge is 2.20. The van der Waals surface area contributed by atoms with Crippen LogP contribution in [0.5, 0.6) is 0 Å². The minimum absolute atomic E-state index is 0.0954. The van der Waals surface area contributed by atoms with Crippen molar-refractivity contribution in [1.82, 2.24) is 9.88 Å². The van der Waals surface area contributed by atoms with Gasteiger partial charge in [0, 0.05) is 10.7 Å². The molecule has 1 aliphatic rings. The molecule has 13 heavy (non-hydrogen) atoms. The van der Waals surface area contributed by atoms with Crippen molar-refractivity contribution in [3.63, 3.8) is 0 Å². The van der Waals surface area contributed by atoms with Crippen LogP contribution in [0.1, 0.15) is 10.5 Å². The van der Waals surface area contributed by atoms with Gasteiger partial charge in [-0.25, -0.2) is 4.39 Å². The molecule has 5 heteroatoms. The fourth-order valence-electron chi connectivity index (χ4n) is 1.39. The first-order valence-corrected chi connectivity index (χ1v) is 4.74. The summed E-state index contributed by atoms with van der Waals surface area (Å²) >= 11 is 3.24. The second kappa shape index (κ2) is 3.14. The van der Waals surface area contributed by atoms with Crippen molar-refractivity contribution in [2.45, 2.75) is 12.7 Å². The number of hydrogen-bond acceptors (Lipinski definition) is 1. The van der Waals surface area contributed by atoms with Crippen molar-refractivity contribution in [2.24, 2.45) is 0 Å². The Morgan fingerprint density at radius 2 is 2.46 bits per heavy atom. The summed E-state index contributed by atoms with van der Waals surface area (Å²) in [4.78, 5) is 11.3. The molecule has 0 aromatic carbocycles. The number of nitrogens with zero attached hydrogens (tertiary/aromatic N) is 1. The lowest BCUT2D eigenvalue weighted by Gasteiger charge is -2.03. The van der Waals surface area contributed by atoms with Crippen LogP contribution in [0.2, 0.25) is 0 Å². The highest BCUT2D eigenvalue weighted by atomic mass is 79.9. The average molecular weight is 247 g/mol. The van der Waals surface area contributed by atoms with Crippen LogP contribution in [0, 0.1) is 0 Å².